The Morgan fingerprint density at radius 1 is 0.673 bits per heavy atom. The second kappa shape index (κ2) is 14.3. The predicted octanol–water partition coefficient (Wildman–Crippen LogP) is 6.64. The molecular formula is C38H44N10O. The molecule has 7 rings (SSSR count). The van der Waals surface area contributed by atoms with E-state index in [9.17, 15) is 5.11 Å². The molecule has 0 bridgehead atoms. The van der Waals surface area contributed by atoms with Crippen LogP contribution >= 0.6 is 0 Å². The van der Waals surface area contributed by atoms with Crippen LogP contribution in [-0.4, -0.2) is 57.8 Å². The van der Waals surface area contributed by atoms with Crippen molar-refractivity contribution in [3.63, 3.8) is 0 Å². The Morgan fingerprint density at radius 3 is 1.65 bits per heavy atom. The lowest BCUT2D eigenvalue weighted by Gasteiger charge is -2.22. The smallest absolute Gasteiger partial charge is 0.134 e. The molecule has 0 amide bonds. The van der Waals surface area contributed by atoms with Gasteiger partial charge in [0, 0.05) is 70.6 Å². The number of pyridine rings is 2. The monoisotopic (exact) mass is 656 g/mol. The van der Waals surface area contributed by atoms with Gasteiger partial charge >= 0.3 is 0 Å². The van der Waals surface area contributed by atoms with E-state index < -0.39 is 0 Å². The van der Waals surface area contributed by atoms with Crippen molar-refractivity contribution in [2.75, 3.05) is 23.9 Å². The summed E-state index contributed by atoms with van der Waals surface area (Å²) in [6, 6.07) is 16.8. The van der Waals surface area contributed by atoms with Crippen molar-refractivity contribution >= 4 is 45.1 Å². The Labute approximate surface area is 287 Å². The number of aliphatic hydroxyl groups is 1. The van der Waals surface area contributed by atoms with Crippen molar-refractivity contribution in [1.82, 2.24) is 38.6 Å². The zero-order chi connectivity index (χ0) is 34.7. The highest BCUT2D eigenvalue weighted by atomic mass is 16.3. The lowest BCUT2D eigenvalue weighted by atomic mass is 10.1. The lowest BCUT2D eigenvalue weighted by Crippen LogP contribution is -2.14. The number of aromatic nitrogens is 8. The molecule has 0 aliphatic rings. The van der Waals surface area contributed by atoms with Gasteiger partial charge in [-0.1, -0.05) is 38.1 Å². The molecule has 5 aromatic heterocycles. The number of fused-ring (bicyclic) bond motifs is 2. The first kappa shape index (κ1) is 33.4. The first-order valence-corrected chi connectivity index (χ1v) is 16.5. The van der Waals surface area contributed by atoms with Gasteiger partial charge in [-0.3, -0.25) is 0 Å². The molecule has 0 radical (unpaired) electrons. The van der Waals surface area contributed by atoms with Crippen LogP contribution < -0.4 is 9.80 Å². The number of aryl methyl sites for hydroxylation is 5. The van der Waals surface area contributed by atoms with Gasteiger partial charge in [-0.15, -0.1) is 0 Å². The van der Waals surface area contributed by atoms with E-state index in [2.05, 4.69) is 90.5 Å². The molecule has 0 fully saturated rings. The van der Waals surface area contributed by atoms with Crippen molar-refractivity contribution in [1.29, 1.82) is 0 Å². The number of aliphatic hydroxyl groups excluding tert-OH is 1. The first-order valence-electron chi connectivity index (χ1n) is 16.5. The van der Waals surface area contributed by atoms with Gasteiger partial charge in [0.15, 0.2) is 0 Å². The van der Waals surface area contributed by atoms with E-state index in [4.69, 9.17) is 0 Å². The lowest BCUT2D eigenvalue weighted by molar-refractivity contribution is 0.282. The maximum Gasteiger partial charge on any atom is 0.134 e. The van der Waals surface area contributed by atoms with Gasteiger partial charge < -0.3 is 28.6 Å². The minimum Gasteiger partial charge on any atom is -0.392 e. The SMILES string of the molecule is CCc1cc(CO)ccc1N(C)c1cc2c(cn1)ncn2C.CCc1cc(Cn2ccnc2C)ccc1N(C)c1cc2c(cn1)ncn2C. The zero-order valence-electron chi connectivity index (χ0n) is 29.3. The second-order valence-corrected chi connectivity index (χ2v) is 12.3. The van der Waals surface area contributed by atoms with Crippen molar-refractivity contribution < 1.29 is 5.11 Å². The van der Waals surface area contributed by atoms with Crippen LogP contribution in [0.2, 0.25) is 0 Å². The summed E-state index contributed by atoms with van der Waals surface area (Å²) >= 11 is 0. The topological polar surface area (TPSA) is 106 Å². The third-order valence-electron chi connectivity index (χ3n) is 9.11. The summed E-state index contributed by atoms with van der Waals surface area (Å²) in [6.07, 6.45) is 13.0. The normalized spacial score (nSPS) is 11.2. The average Bonchev–Trinajstić information content (AvgIpc) is 3.84. The van der Waals surface area contributed by atoms with Crippen LogP contribution in [0.25, 0.3) is 22.1 Å². The Morgan fingerprint density at radius 2 is 1.18 bits per heavy atom. The molecule has 0 spiro atoms. The quantitative estimate of drug-likeness (QED) is 0.184. The summed E-state index contributed by atoms with van der Waals surface area (Å²) in [5.41, 5.74) is 10.9. The van der Waals surface area contributed by atoms with Crippen LogP contribution in [0.4, 0.5) is 23.0 Å². The Hall–Kier alpha value is -5.55. The maximum atomic E-state index is 9.29. The molecule has 252 valence electrons. The third-order valence-corrected chi connectivity index (χ3v) is 9.11. The summed E-state index contributed by atoms with van der Waals surface area (Å²) in [6.45, 7) is 7.24. The fourth-order valence-corrected chi connectivity index (χ4v) is 6.12. The summed E-state index contributed by atoms with van der Waals surface area (Å²) < 4.78 is 6.17. The van der Waals surface area contributed by atoms with Crippen molar-refractivity contribution in [2.45, 2.75) is 46.8 Å². The first-order chi connectivity index (χ1) is 23.7. The fraction of sp³-hybridized carbons (Fsp3) is 0.289. The number of hydrogen-bond acceptors (Lipinski definition) is 8. The van der Waals surface area contributed by atoms with Gasteiger partial charge in [-0.2, -0.15) is 0 Å². The molecule has 0 aliphatic heterocycles. The molecule has 0 unspecified atom stereocenters. The van der Waals surface area contributed by atoms with Crippen molar-refractivity contribution in [2.24, 2.45) is 14.1 Å². The highest BCUT2D eigenvalue weighted by molar-refractivity contribution is 5.80. The largest absolute Gasteiger partial charge is 0.392 e. The van der Waals surface area contributed by atoms with E-state index in [-0.39, 0.29) is 6.61 Å². The standard InChI is InChI=1S/C21H24N6.C17H20N4O/c1-5-17-10-16(13-27-9-8-22-15(27)2)6-7-19(17)26(4)21-11-20-18(12-23-21)24-14-25(20)3;1-4-13-7-12(10-22)5-6-15(13)21(3)17-8-16-14(9-18-17)19-11-20(16)2/h6-12,14H,5,13H2,1-4H3;5-9,11,22H,4,10H2,1-3H3. The number of imidazole rings is 3. The fourth-order valence-electron chi connectivity index (χ4n) is 6.12. The minimum absolute atomic E-state index is 0.0657. The van der Waals surface area contributed by atoms with Gasteiger partial charge in [0.05, 0.1) is 42.7 Å². The highest BCUT2D eigenvalue weighted by Crippen LogP contribution is 2.30. The molecule has 0 saturated carbocycles. The summed E-state index contributed by atoms with van der Waals surface area (Å²) in [7, 11) is 8.06. The van der Waals surface area contributed by atoms with Crippen LogP contribution in [0.15, 0.2) is 86.0 Å². The summed E-state index contributed by atoms with van der Waals surface area (Å²) in [5.74, 6) is 2.82. The third kappa shape index (κ3) is 6.88. The summed E-state index contributed by atoms with van der Waals surface area (Å²) in [5, 5.41) is 9.29. The Balaban J connectivity index is 0.000000174. The van der Waals surface area contributed by atoms with Crippen LogP contribution in [-0.2, 0) is 40.1 Å². The van der Waals surface area contributed by atoms with E-state index in [1.54, 1.807) is 12.5 Å². The van der Waals surface area contributed by atoms with Gasteiger partial charge in [-0.25, -0.2) is 24.9 Å². The van der Waals surface area contributed by atoms with Crippen molar-refractivity contribution in [3.8, 4) is 0 Å². The van der Waals surface area contributed by atoms with Crippen LogP contribution in [0.5, 0.6) is 0 Å². The van der Waals surface area contributed by atoms with E-state index in [1.165, 1.54) is 22.4 Å². The van der Waals surface area contributed by atoms with Crippen LogP contribution in [0, 0.1) is 6.92 Å². The number of rotatable bonds is 9. The predicted molar refractivity (Wildman–Crippen MR) is 197 cm³/mol. The molecule has 11 heteroatoms. The number of anilines is 4. The number of nitrogens with zero attached hydrogens (tertiary/aromatic N) is 10. The Kier molecular flexibility index (Phi) is 9.72. The molecule has 0 aliphatic carbocycles. The van der Waals surface area contributed by atoms with Crippen LogP contribution in [0.1, 0.15) is 41.9 Å². The second-order valence-electron chi connectivity index (χ2n) is 12.3. The molecule has 1 N–H and O–H groups in total. The van der Waals surface area contributed by atoms with Gasteiger partial charge in [0.2, 0.25) is 0 Å². The molecule has 2 aromatic carbocycles. The zero-order valence-corrected chi connectivity index (χ0v) is 29.3. The molecular weight excluding hydrogens is 612 g/mol. The van der Waals surface area contributed by atoms with Gasteiger partial charge in [-0.05, 0) is 54.2 Å². The van der Waals surface area contributed by atoms with E-state index in [0.717, 1.165) is 70.2 Å². The van der Waals surface area contributed by atoms with Crippen LogP contribution in [0.3, 0.4) is 0 Å². The molecule has 11 nitrogen and oxygen atoms in total. The average molecular weight is 657 g/mol. The minimum atomic E-state index is 0.0657. The van der Waals surface area contributed by atoms with Gasteiger partial charge in [0.25, 0.3) is 0 Å². The molecule has 49 heavy (non-hydrogen) atoms. The maximum absolute atomic E-state index is 9.29. The van der Waals surface area contributed by atoms with E-state index >= 15 is 0 Å². The van der Waals surface area contributed by atoms with E-state index in [0.29, 0.717) is 0 Å². The van der Waals surface area contributed by atoms with Gasteiger partial charge in [0.1, 0.15) is 28.5 Å². The molecule has 0 atom stereocenters. The van der Waals surface area contributed by atoms with Crippen molar-refractivity contribution in [3.05, 3.63) is 114 Å². The molecule has 0 saturated heterocycles. The summed E-state index contributed by atoms with van der Waals surface area (Å²) in [4.78, 5) is 26.3. The Bertz CT molecular complexity index is 2210. The molecule has 7 aromatic rings. The highest BCUT2D eigenvalue weighted by Gasteiger charge is 2.14. The van der Waals surface area contributed by atoms with E-state index in [1.807, 2.05) is 80.3 Å². The number of benzene rings is 2. The number of hydrogen-bond donors (Lipinski definition) is 1. The molecule has 5 heterocycles.